The van der Waals surface area contributed by atoms with Gasteiger partial charge in [-0.25, -0.2) is 9.97 Å². The van der Waals surface area contributed by atoms with Gasteiger partial charge in [0.15, 0.2) is 5.58 Å². The van der Waals surface area contributed by atoms with Gasteiger partial charge in [-0.05, 0) is 80.6 Å². The maximum absolute atomic E-state index is 6.58. The van der Waals surface area contributed by atoms with Crippen LogP contribution in [0.2, 0.25) is 0 Å². The molecule has 0 bridgehead atoms. The highest BCUT2D eigenvalue weighted by Crippen LogP contribution is 2.63. The van der Waals surface area contributed by atoms with Crippen molar-refractivity contribution in [3.8, 4) is 28.3 Å². The molecule has 8 aromatic carbocycles. The Morgan fingerprint density at radius 1 is 0.518 bits per heavy atom. The van der Waals surface area contributed by atoms with Gasteiger partial charge in [-0.2, -0.15) is 0 Å². The zero-order valence-corrected chi connectivity index (χ0v) is 30.7. The summed E-state index contributed by atoms with van der Waals surface area (Å²) in [6.07, 6.45) is 0. The molecule has 11 aromatic rings. The molecule has 0 saturated heterocycles. The highest BCUT2D eigenvalue weighted by molar-refractivity contribution is 7.99. The van der Waals surface area contributed by atoms with Crippen molar-refractivity contribution in [1.82, 2.24) is 14.5 Å². The third kappa shape index (κ3) is 3.85. The van der Waals surface area contributed by atoms with E-state index in [-0.39, 0.29) is 0 Å². The Labute approximate surface area is 325 Å². The van der Waals surface area contributed by atoms with Crippen molar-refractivity contribution < 1.29 is 4.42 Å². The maximum Gasteiger partial charge on any atom is 0.236 e. The largest absolute Gasteiger partial charge is 0.452 e. The van der Waals surface area contributed by atoms with Crippen LogP contribution >= 0.6 is 11.8 Å². The molecule has 1 aliphatic carbocycles. The van der Waals surface area contributed by atoms with Gasteiger partial charge in [-0.15, -0.1) is 0 Å². The lowest BCUT2D eigenvalue weighted by Gasteiger charge is -2.40. The number of nitrogens with zero attached hydrogens (tertiary/aromatic N) is 3. The number of benzene rings is 8. The molecule has 3 aromatic heterocycles. The van der Waals surface area contributed by atoms with E-state index in [2.05, 4.69) is 162 Å². The first-order valence-electron chi connectivity index (χ1n) is 19.0. The van der Waals surface area contributed by atoms with Crippen molar-refractivity contribution in [2.45, 2.75) is 15.2 Å². The Morgan fingerprint density at radius 2 is 1.20 bits per heavy atom. The van der Waals surface area contributed by atoms with Crippen LogP contribution in [0.25, 0.3) is 83.0 Å². The van der Waals surface area contributed by atoms with E-state index in [1.54, 1.807) is 0 Å². The first-order valence-corrected chi connectivity index (χ1v) is 19.8. The zero-order chi connectivity index (χ0) is 36.5. The van der Waals surface area contributed by atoms with E-state index in [1.807, 2.05) is 30.0 Å². The molecule has 4 heterocycles. The third-order valence-electron chi connectivity index (χ3n) is 12.1. The van der Waals surface area contributed by atoms with Crippen molar-refractivity contribution in [3.63, 3.8) is 0 Å². The average Bonchev–Trinajstić information content (AvgIpc) is 3.90. The van der Waals surface area contributed by atoms with Crippen LogP contribution in [0.3, 0.4) is 0 Å². The van der Waals surface area contributed by atoms with E-state index in [1.165, 1.54) is 59.3 Å². The number of hydrogen-bond acceptors (Lipinski definition) is 4. The van der Waals surface area contributed by atoms with Gasteiger partial charge in [0, 0.05) is 31.5 Å². The Hall–Kier alpha value is -6.95. The fourth-order valence-electron chi connectivity index (χ4n) is 9.79. The van der Waals surface area contributed by atoms with Crippen LogP contribution in [0.5, 0.6) is 0 Å². The van der Waals surface area contributed by atoms with Crippen molar-refractivity contribution in [2.75, 3.05) is 0 Å². The normalized spacial score (nSPS) is 13.8. The molecule has 260 valence electrons. The number of fused-ring (bicyclic) bond motifs is 17. The van der Waals surface area contributed by atoms with Crippen LogP contribution in [0.4, 0.5) is 0 Å². The number of hydrogen-bond donors (Lipinski definition) is 0. The van der Waals surface area contributed by atoms with Gasteiger partial charge in [0.05, 0.1) is 16.4 Å². The van der Waals surface area contributed by atoms with Gasteiger partial charge in [0.25, 0.3) is 0 Å². The van der Waals surface area contributed by atoms with Crippen LogP contribution in [-0.2, 0) is 5.41 Å². The van der Waals surface area contributed by atoms with Crippen LogP contribution < -0.4 is 0 Å². The van der Waals surface area contributed by atoms with Crippen LogP contribution in [-0.4, -0.2) is 14.5 Å². The Kier molecular flexibility index (Phi) is 6.00. The topological polar surface area (TPSA) is 43.9 Å². The molecule has 1 spiro atoms. The summed E-state index contributed by atoms with van der Waals surface area (Å²) in [5.74, 6) is 0.617. The standard InChI is InChI=1S/C51H29N3OS/c1-2-14-31-29-32(26-25-30(31)13-1)46-48-47(36-18-6-11-23-43(36)55-48)53-50(52-46)54-41-22-10-5-17-35(41)45-42(54)28-27-40-49(45)56-44-24-12-9-21-39(44)51(40)37-19-7-3-15-33(37)34-16-4-8-20-38(34)51/h1-29H. The molecule has 2 aliphatic rings. The molecule has 5 heteroatoms. The lowest BCUT2D eigenvalue weighted by molar-refractivity contribution is 0.666. The lowest BCUT2D eigenvalue weighted by Crippen LogP contribution is -2.32. The summed E-state index contributed by atoms with van der Waals surface area (Å²) in [6.45, 7) is 0. The number of rotatable bonds is 2. The zero-order valence-electron chi connectivity index (χ0n) is 29.9. The number of aromatic nitrogens is 3. The first kappa shape index (κ1) is 30.4. The monoisotopic (exact) mass is 731 g/mol. The van der Waals surface area contributed by atoms with Gasteiger partial charge < -0.3 is 4.42 Å². The van der Waals surface area contributed by atoms with Gasteiger partial charge in [0.1, 0.15) is 16.8 Å². The Balaban J connectivity index is 1.14. The predicted octanol–water partition coefficient (Wildman–Crippen LogP) is 13.1. The molecule has 1 aliphatic heterocycles. The van der Waals surface area contributed by atoms with Gasteiger partial charge in [-0.1, -0.05) is 151 Å². The minimum atomic E-state index is -0.462. The molecule has 56 heavy (non-hydrogen) atoms. The molecule has 0 radical (unpaired) electrons. The molecular weight excluding hydrogens is 703 g/mol. The highest BCUT2D eigenvalue weighted by Gasteiger charge is 2.50. The molecule has 0 amide bonds. The number of furan rings is 1. The average molecular weight is 732 g/mol. The Bertz CT molecular complexity index is 3440. The van der Waals surface area contributed by atoms with E-state index >= 15 is 0 Å². The second-order valence-corrected chi connectivity index (χ2v) is 15.9. The first-order chi connectivity index (χ1) is 27.8. The molecule has 0 N–H and O–H groups in total. The minimum Gasteiger partial charge on any atom is -0.452 e. The van der Waals surface area contributed by atoms with Gasteiger partial charge >= 0.3 is 0 Å². The molecule has 0 fully saturated rings. The van der Waals surface area contributed by atoms with Crippen molar-refractivity contribution >= 4 is 66.4 Å². The molecule has 0 saturated carbocycles. The quantitative estimate of drug-likeness (QED) is 0.178. The maximum atomic E-state index is 6.58. The fourth-order valence-corrected chi connectivity index (χ4v) is 11.1. The van der Waals surface area contributed by atoms with Crippen LogP contribution in [0.1, 0.15) is 22.3 Å². The second kappa shape index (κ2) is 11.1. The Morgan fingerprint density at radius 3 is 2.04 bits per heavy atom. The smallest absolute Gasteiger partial charge is 0.236 e. The summed E-state index contributed by atoms with van der Waals surface area (Å²) < 4.78 is 8.84. The van der Waals surface area contributed by atoms with Crippen molar-refractivity contribution in [3.05, 3.63) is 198 Å². The van der Waals surface area contributed by atoms with Crippen LogP contribution in [0, 0.1) is 0 Å². The third-order valence-corrected chi connectivity index (χ3v) is 13.3. The molecule has 13 rings (SSSR count). The van der Waals surface area contributed by atoms with E-state index < -0.39 is 5.41 Å². The predicted molar refractivity (Wildman–Crippen MR) is 228 cm³/mol. The summed E-state index contributed by atoms with van der Waals surface area (Å²) in [6, 6.07) is 63.5. The van der Waals surface area contributed by atoms with Gasteiger partial charge in [0.2, 0.25) is 5.95 Å². The van der Waals surface area contributed by atoms with E-state index in [0.717, 1.165) is 44.2 Å². The highest BCUT2D eigenvalue weighted by atomic mass is 32.2. The SMILES string of the molecule is c1ccc2c(c1)Sc1c(ccc3c1c1ccccc1n3-c1nc(-c3ccc4ccccc4c3)c3oc4ccccc4c3n1)C21c2ccccc2-c2ccccc21. The molecule has 4 nitrogen and oxygen atoms in total. The van der Waals surface area contributed by atoms with E-state index in [0.29, 0.717) is 11.5 Å². The summed E-state index contributed by atoms with van der Waals surface area (Å²) in [5.41, 5.74) is 13.6. The number of para-hydroxylation sites is 2. The summed E-state index contributed by atoms with van der Waals surface area (Å²) in [5, 5.41) is 5.70. The van der Waals surface area contributed by atoms with Gasteiger partial charge in [-0.3, -0.25) is 4.57 Å². The van der Waals surface area contributed by atoms with E-state index in [9.17, 15) is 0 Å². The summed E-state index contributed by atoms with van der Waals surface area (Å²) >= 11 is 1.88. The molecule has 0 atom stereocenters. The van der Waals surface area contributed by atoms with Crippen LogP contribution in [0.15, 0.2) is 190 Å². The fraction of sp³-hybridized carbons (Fsp3) is 0.0196. The molecular formula is C51H29N3OS. The summed E-state index contributed by atoms with van der Waals surface area (Å²) in [4.78, 5) is 13.4. The van der Waals surface area contributed by atoms with Crippen molar-refractivity contribution in [2.24, 2.45) is 0 Å². The summed E-state index contributed by atoms with van der Waals surface area (Å²) in [7, 11) is 0. The van der Waals surface area contributed by atoms with E-state index in [4.69, 9.17) is 14.4 Å². The van der Waals surface area contributed by atoms with Crippen molar-refractivity contribution in [1.29, 1.82) is 0 Å². The second-order valence-electron chi connectivity index (χ2n) is 14.8. The minimum absolute atomic E-state index is 0.462. The molecule has 0 unspecified atom stereocenters. The lowest BCUT2D eigenvalue weighted by atomic mass is 9.67.